The third kappa shape index (κ3) is 3.67. The Labute approximate surface area is 152 Å². The van der Waals surface area contributed by atoms with Crippen LogP contribution in [0.25, 0.3) is 11.3 Å². The molecule has 1 aromatic heterocycles. The second-order valence-corrected chi connectivity index (χ2v) is 6.80. The number of amides is 1. The fourth-order valence-electron chi connectivity index (χ4n) is 2.33. The van der Waals surface area contributed by atoms with Gasteiger partial charge in [-0.1, -0.05) is 41.9 Å². The molecule has 0 saturated heterocycles. The van der Waals surface area contributed by atoms with Crippen LogP contribution >= 0.6 is 22.9 Å². The van der Waals surface area contributed by atoms with Crippen molar-refractivity contribution < 1.29 is 9.72 Å². The molecule has 0 unspecified atom stereocenters. The van der Waals surface area contributed by atoms with Gasteiger partial charge in [-0.2, -0.15) is 0 Å². The molecule has 0 saturated carbocycles. The number of thiazole rings is 1. The third-order valence-electron chi connectivity index (χ3n) is 3.46. The number of aryl methyl sites for hydroxylation is 1. The molecule has 0 bridgehead atoms. The summed E-state index contributed by atoms with van der Waals surface area (Å²) in [6, 6.07) is 13.4. The number of nitro groups is 1. The van der Waals surface area contributed by atoms with Crippen LogP contribution < -0.4 is 5.32 Å². The molecule has 0 aliphatic carbocycles. The normalized spacial score (nSPS) is 10.5. The number of hydrogen-bond donors (Lipinski definition) is 1. The van der Waals surface area contributed by atoms with Crippen LogP contribution in [-0.2, 0) is 0 Å². The molecular weight excluding hydrogens is 362 g/mol. The van der Waals surface area contributed by atoms with Crippen LogP contribution in [0.5, 0.6) is 0 Å². The summed E-state index contributed by atoms with van der Waals surface area (Å²) in [4.78, 5) is 28.3. The van der Waals surface area contributed by atoms with Gasteiger partial charge in [0, 0.05) is 21.5 Å². The van der Waals surface area contributed by atoms with Crippen molar-refractivity contribution in [2.24, 2.45) is 0 Å². The molecule has 0 fully saturated rings. The second kappa shape index (κ2) is 7.00. The lowest BCUT2D eigenvalue weighted by atomic mass is 10.1. The summed E-state index contributed by atoms with van der Waals surface area (Å²) < 4.78 is 0. The fourth-order valence-corrected chi connectivity index (χ4v) is 3.33. The van der Waals surface area contributed by atoms with E-state index in [1.165, 1.54) is 29.5 Å². The molecule has 0 spiro atoms. The molecule has 0 atom stereocenters. The van der Waals surface area contributed by atoms with Crippen LogP contribution in [0.15, 0.2) is 48.5 Å². The van der Waals surface area contributed by atoms with Crippen LogP contribution in [0.4, 0.5) is 10.8 Å². The predicted octanol–water partition coefficient (Wildman–Crippen LogP) is 4.93. The standard InChI is InChI=1S/C17H12ClN3O3S/c1-10-15(11-5-3-2-4-6-11)19-17(25-10)20-16(22)13-9-12(18)7-8-14(13)21(23)24/h2-9H,1H3,(H,19,20,22). The summed E-state index contributed by atoms with van der Waals surface area (Å²) in [5.74, 6) is -0.623. The number of benzene rings is 2. The first-order chi connectivity index (χ1) is 12.0. The maximum absolute atomic E-state index is 12.4. The summed E-state index contributed by atoms with van der Waals surface area (Å²) in [6.07, 6.45) is 0. The number of rotatable bonds is 4. The number of nitrogens with one attached hydrogen (secondary N) is 1. The Balaban J connectivity index is 1.90. The van der Waals surface area contributed by atoms with Crippen molar-refractivity contribution in [1.29, 1.82) is 0 Å². The Morgan fingerprint density at radius 3 is 2.64 bits per heavy atom. The van der Waals surface area contributed by atoms with Crippen LogP contribution in [0, 0.1) is 17.0 Å². The molecule has 3 rings (SSSR count). The Kier molecular flexibility index (Phi) is 4.78. The summed E-state index contributed by atoms with van der Waals surface area (Å²) in [6.45, 7) is 1.90. The van der Waals surface area contributed by atoms with E-state index in [-0.39, 0.29) is 16.3 Å². The van der Waals surface area contributed by atoms with Gasteiger partial charge >= 0.3 is 0 Å². The van der Waals surface area contributed by atoms with E-state index in [0.717, 1.165) is 16.1 Å². The minimum atomic E-state index is -0.623. The zero-order chi connectivity index (χ0) is 18.0. The van der Waals surface area contributed by atoms with E-state index in [4.69, 9.17) is 11.6 Å². The largest absolute Gasteiger partial charge is 0.298 e. The van der Waals surface area contributed by atoms with Gasteiger partial charge in [0.2, 0.25) is 0 Å². The number of carbonyl (C=O) groups excluding carboxylic acids is 1. The molecule has 126 valence electrons. The van der Waals surface area contributed by atoms with Gasteiger partial charge in [-0.3, -0.25) is 20.2 Å². The molecule has 3 aromatic rings. The topological polar surface area (TPSA) is 85.1 Å². The summed E-state index contributed by atoms with van der Waals surface area (Å²) >= 11 is 7.17. The van der Waals surface area contributed by atoms with Crippen molar-refractivity contribution in [3.05, 3.63) is 74.1 Å². The van der Waals surface area contributed by atoms with Crippen LogP contribution in [0.1, 0.15) is 15.2 Å². The number of nitrogens with zero attached hydrogens (tertiary/aromatic N) is 2. The zero-order valence-electron chi connectivity index (χ0n) is 13.0. The first-order valence-corrected chi connectivity index (χ1v) is 8.43. The number of hydrogen-bond acceptors (Lipinski definition) is 5. The molecule has 25 heavy (non-hydrogen) atoms. The predicted molar refractivity (Wildman–Crippen MR) is 98.3 cm³/mol. The molecule has 1 N–H and O–H groups in total. The number of anilines is 1. The van der Waals surface area contributed by atoms with Gasteiger partial charge in [0.1, 0.15) is 5.56 Å². The smallest absolute Gasteiger partial charge is 0.282 e. The van der Waals surface area contributed by atoms with Gasteiger partial charge < -0.3 is 0 Å². The third-order valence-corrected chi connectivity index (χ3v) is 4.59. The lowest BCUT2D eigenvalue weighted by Gasteiger charge is -2.03. The molecule has 0 aliphatic rings. The van der Waals surface area contributed by atoms with Crippen molar-refractivity contribution in [2.45, 2.75) is 6.92 Å². The average molecular weight is 374 g/mol. The van der Waals surface area contributed by atoms with E-state index in [1.807, 2.05) is 37.3 Å². The van der Waals surface area contributed by atoms with Gasteiger partial charge in [-0.25, -0.2) is 4.98 Å². The Morgan fingerprint density at radius 1 is 1.24 bits per heavy atom. The highest BCUT2D eigenvalue weighted by atomic mass is 35.5. The van der Waals surface area contributed by atoms with Crippen molar-refractivity contribution >= 4 is 39.7 Å². The molecule has 2 aromatic carbocycles. The Hall–Kier alpha value is -2.77. The summed E-state index contributed by atoms with van der Waals surface area (Å²) in [7, 11) is 0. The molecular formula is C17H12ClN3O3S. The highest BCUT2D eigenvalue weighted by Crippen LogP contribution is 2.31. The first-order valence-electron chi connectivity index (χ1n) is 7.24. The van der Waals surface area contributed by atoms with Gasteiger partial charge in [-0.15, -0.1) is 11.3 Å². The van der Waals surface area contributed by atoms with E-state index in [0.29, 0.717) is 5.13 Å². The monoisotopic (exact) mass is 373 g/mol. The number of carbonyl (C=O) groups is 1. The second-order valence-electron chi connectivity index (χ2n) is 5.16. The van der Waals surface area contributed by atoms with E-state index in [1.54, 1.807) is 0 Å². The van der Waals surface area contributed by atoms with Crippen molar-refractivity contribution in [3.8, 4) is 11.3 Å². The van der Waals surface area contributed by atoms with Crippen molar-refractivity contribution in [1.82, 2.24) is 4.98 Å². The Bertz CT molecular complexity index is 957. The van der Waals surface area contributed by atoms with Crippen molar-refractivity contribution in [2.75, 3.05) is 5.32 Å². The maximum atomic E-state index is 12.4. The highest BCUT2D eigenvalue weighted by Gasteiger charge is 2.22. The van der Waals surface area contributed by atoms with E-state index >= 15 is 0 Å². The van der Waals surface area contributed by atoms with E-state index in [9.17, 15) is 14.9 Å². The average Bonchev–Trinajstić information content (AvgIpc) is 2.95. The molecule has 0 aliphatic heterocycles. The molecule has 1 amide bonds. The van der Waals surface area contributed by atoms with E-state index < -0.39 is 10.8 Å². The number of nitro benzene ring substituents is 1. The van der Waals surface area contributed by atoms with E-state index in [2.05, 4.69) is 10.3 Å². The lowest BCUT2D eigenvalue weighted by molar-refractivity contribution is -0.385. The van der Waals surface area contributed by atoms with Gasteiger partial charge in [-0.05, 0) is 19.1 Å². The van der Waals surface area contributed by atoms with Crippen molar-refractivity contribution in [3.63, 3.8) is 0 Å². The van der Waals surface area contributed by atoms with Crippen LogP contribution in [0.2, 0.25) is 5.02 Å². The van der Waals surface area contributed by atoms with Crippen LogP contribution in [0.3, 0.4) is 0 Å². The minimum Gasteiger partial charge on any atom is -0.298 e. The molecule has 1 heterocycles. The summed E-state index contributed by atoms with van der Waals surface area (Å²) in [5, 5.41) is 14.3. The molecule has 6 nitrogen and oxygen atoms in total. The number of halogens is 1. The number of aromatic nitrogens is 1. The SMILES string of the molecule is Cc1sc(NC(=O)c2cc(Cl)ccc2[N+](=O)[O-])nc1-c1ccccc1. The van der Waals surface area contributed by atoms with Crippen LogP contribution in [-0.4, -0.2) is 15.8 Å². The maximum Gasteiger partial charge on any atom is 0.282 e. The minimum absolute atomic E-state index is 0.105. The molecule has 0 radical (unpaired) electrons. The van der Waals surface area contributed by atoms with Gasteiger partial charge in [0.05, 0.1) is 10.6 Å². The quantitative estimate of drug-likeness (QED) is 0.518. The molecule has 8 heteroatoms. The summed E-state index contributed by atoms with van der Waals surface area (Å²) in [5.41, 5.74) is 1.29. The fraction of sp³-hybridized carbons (Fsp3) is 0.0588. The Morgan fingerprint density at radius 2 is 1.96 bits per heavy atom. The van der Waals surface area contributed by atoms with Gasteiger partial charge in [0.15, 0.2) is 5.13 Å². The zero-order valence-corrected chi connectivity index (χ0v) is 14.6. The van der Waals surface area contributed by atoms with Gasteiger partial charge in [0.25, 0.3) is 11.6 Å². The highest BCUT2D eigenvalue weighted by molar-refractivity contribution is 7.16. The lowest BCUT2D eigenvalue weighted by Crippen LogP contribution is -2.13. The first kappa shape index (κ1) is 17.1.